The van der Waals surface area contributed by atoms with E-state index in [-0.39, 0.29) is 11.8 Å². The van der Waals surface area contributed by atoms with Crippen LogP contribution in [0.3, 0.4) is 0 Å². The van der Waals surface area contributed by atoms with Crippen molar-refractivity contribution in [2.45, 2.75) is 24.2 Å². The summed E-state index contributed by atoms with van der Waals surface area (Å²) in [4.78, 5) is 31.8. The van der Waals surface area contributed by atoms with Crippen molar-refractivity contribution in [2.24, 2.45) is 0 Å². The lowest BCUT2D eigenvalue weighted by Crippen LogP contribution is -2.51. The summed E-state index contributed by atoms with van der Waals surface area (Å²) in [5, 5.41) is 0.728. The largest absolute Gasteiger partial charge is 0.342 e. The van der Waals surface area contributed by atoms with Crippen LogP contribution in [-0.4, -0.2) is 78.1 Å². The Labute approximate surface area is 164 Å². The molecule has 26 heavy (non-hydrogen) atoms. The zero-order chi connectivity index (χ0) is 18.4. The van der Waals surface area contributed by atoms with Crippen LogP contribution in [0.25, 0.3) is 0 Å². The Hall–Kier alpha value is -1.24. The highest BCUT2D eigenvalue weighted by atomic mass is 35.5. The van der Waals surface area contributed by atoms with E-state index in [1.807, 2.05) is 34.1 Å². The molecule has 2 aliphatic rings. The van der Waals surface area contributed by atoms with E-state index < -0.39 is 0 Å². The minimum Gasteiger partial charge on any atom is -0.342 e. The van der Waals surface area contributed by atoms with Crippen LogP contribution in [0.2, 0.25) is 5.02 Å². The zero-order valence-electron chi connectivity index (χ0n) is 15.0. The van der Waals surface area contributed by atoms with Crippen LogP contribution in [-0.2, 0) is 9.59 Å². The Kier molecular flexibility index (Phi) is 7.23. The molecule has 3 rings (SSSR count). The van der Waals surface area contributed by atoms with E-state index >= 15 is 0 Å². The minimum absolute atomic E-state index is 0.206. The van der Waals surface area contributed by atoms with Gasteiger partial charge in [-0.2, -0.15) is 0 Å². The van der Waals surface area contributed by atoms with Crippen LogP contribution in [0.5, 0.6) is 0 Å². The van der Waals surface area contributed by atoms with E-state index in [2.05, 4.69) is 4.90 Å². The molecule has 5 nitrogen and oxygen atoms in total. The quantitative estimate of drug-likeness (QED) is 0.694. The molecule has 0 aliphatic carbocycles. The number of rotatable bonds is 6. The average molecular weight is 396 g/mol. The van der Waals surface area contributed by atoms with Gasteiger partial charge in [-0.15, -0.1) is 11.8 Å². The summed E-state index contributed by atoms with van der Waals surface area (Å²) < 4.78 is 0. The number of amides is 2. The lowest BCUT2D eigenvalue weighted by molar-refractivity contribution is -0.134. The van der Waals surface area contributed by atoms with E-state index in [0.717, 1.165) is 67.8 Å². The molecule has 2 aliphatic heterocycles. The maximum absolute atomic E-state index is 12.4. The number of carbonyl (C=O) groups excluding carboxylic acids is 2. The highest BCUT2D eigenvalue weighted by Gasteiger charge is 2.25. The normalized spacial score (nSPS) is 18.3. The number of piperazine rings is 1. The highest BCUT2D eigenvalue weighted by Crippen LogP contribution is 2.21. The summed E-state index contributed by atoms with van der Waals surface area (Å²) >= 11 is 7.56. The summed E-state index contributed by atoms with van der Waals surface area (Å²) in [6.07, 6.45) is 2.80. The first kappa shape index (κ1) is 19.5. The fourth-order valence-electron chi connectivity index (χ4n) is 3.36. The first-order valence-corrected chi connectivity index (χ1v) is 10.6. The van der Waals surface area contributed by atoms with Crippen molar-refractivity contribution in [1.29, 1.82) is 0 Å². The summed E-state index contributed by atoms with van der Waals surface area (Å²) in [5.41, 5.74) is 0. The average Bonchev–Trinajstić information content (AvgIpc) is 3.19. The van der Waals surface area contributed by atoms with E-state index in [1.54, 1.807) is 11.8 Å². The molecule has 1 aromatic carbocycles. The number of carbonyl (C=O) groups is 2. The van der Waals surface area contributed by atoms with Crippen LogP contribution >= 0.6 is 23.4 Å². The van der Waals surface area contributed by atoms with Crippen molar-refractivity contribution in [3.63, 3.8) is 0 Å². The molecule has 0 aromatic heterocycles. The Bertz CT molecular complexity index is 612. The van der Waals surface area contributed by atoms with Crippen molar-refractivity contribution < 1.29 is 9.59 Å². The van der Waals surface area contributed by atoms with Gasteiger partial charge in [-0.1, -0.05) is 11.6 Å². The molecule has 7 heteroatoms. The second kappa shape index (κ2) is 9.62. The third-order valence-electron chi connectivity index (χ3n) is 4.94. The molecule has 142 valence electrons. The second-order valence-electron chi connectivity index (χ2n) is 6.80. The Morgan fingerprint density at radius 1 is 0.885 bits per heavy atom. The molecule has 1 aromatic rings. The van der Waals surface area contributed by atoms with Crippen LogP contribution in [0.4, 0.5) is 0 Å². The van der Waals surface area contributed by atoms with Gasteiger partial charge in [-0.25, -0.2) is 0 Å². The van der Waals surface area contributed by atoms with Gasteiger partial charge >= 0.3 is 0 Å². The SMILES string of the molecule is O=C(CCSc1ccc(Cl)cc1)N1CCN(CC(=O)N2CCCC2)CC1. The van der Waals surface area contributed by atoms with Crippen LogP contribution in [0, 0.1) is 0 Å². The lowest BCUT2D eigenvalue weighted by atomic mass is 10.3. The van der Waals surface area contributed by atoms with Gasteiger partial charge in [0.2, 0.25) is 11.8 Å². The van der Waals surface area contributed by atoms with Gasteiger partial charge < -0.3 is 9.80 Å². The van der Waals surface area contributed by atoms with Crippen LogP contribution in [0.1, 0.15) is 19.3 Å². The van der Waals surface area contributed by atoms with E-state index in [0.29, 0.717) is 13.0 Å². The minimum atomic E-state index is 0.206. The van der Waals surface area contributed by atoms with Crippen molar-refractivity contribution in [3.05, 3.63) is 29.3 Å². The molecule has 0 saturated carbocycles. The van der Waals surface area contributed by atoms with Crippen LogP contribution < -0.4 is 0 Å². The smallest absolute Gasteiger partial charge is 0.236 e. The topological polar surface area (TPSA) is 43.9 Å². The predicted molar refractivity (Wildman–Crippen MR) is 106 cm³/mol. The summed E-state index contributed by atoms with van der Waals surface area (Å²) in [5.74, 6) is 1.22. The van der Waals surface area contributed by atoms with Crippen molar-refractivity contribution >= 4 is 35.2 Å². The third kappa shape index (κ3) is 5.63. The fourth-order valence-corrected chi connectivity index (χ4v) is 4.33. The molecular formula is C19H26ClN3O2S. The van der Waals surface area contributed by atoms with Gasteiger partial charge in [-0.3, -0.25) is 14.5 Å². The monoisotopic (exact) mass is 395 g/mol. The molecule has 0 bridgehead atoms. The molecule has 0 spiro atoms. The molecule has 0 N–H and O–H groups in total. The molecular weight excluding hydrogens is 370 g/mol. The number of benzene rings is 1. The van der Waals surface area contributed by atoms with E-state index in [4.69, 9.17) is 11.6 Å². The van der Waals surface area contributed by atoms with Gasteiger partial charge in [0.1, 0.15) is 0 Å². The maximum atomic E-state index is 12.4. The van der Waals surface area contributed by atoms with Gasteiger partial charge in [0.15, 0.2) is 0 Å². The van der Waals surface area contributed by atoms with Gasteiger partial charge in [0.25, 0.3) is 0 Å². The standard InChI is InChI=1S/C19H26ClN3O2S/c20-16-3-5-17(6-4-16)26-14-7-18(24)23-12-10-21(11-13-23)15-19(25)22-8-1-2-9-22/h3-6H,1-2,7-15H2. The Morgan fingerprint density at radius 2 is 1.50 bits per heavy atom. The predicted octanol–water partition coefficient (Wildman–Crippen LogP) is 2.59. The second-order valence-corrected chi connectivity index (χ2v) is 8.40. The lowest BCUT2D eigenvalue weighted by Gasteiger charge is -2.35. The summed E-state index contributed by atoms with van der Waals surface area (Å²) in [6, 6.07) is 7.70. The summed E-state index contributed by atoms with van der Waals surface area (Å²) in [6.45, 7) is 5.32. The molecule has 0 unspecified atom stereocenters. The zero-order valence-corrected chi connectivity index (χ0v) is 16.6. The van der Waals surface area contributed by atoms with Crippen LogP contribution in [0.15, 0.2) is 29.2 Å². The van der Waals surface area contributed by atoms with Crippen molar-refractivity contribution in [1.82, 2.24) is 14.7 Å². The number of hydrogen-bond donors (Lipinski definition) is 0. The molecule has 0 radical (unpaired) electrons. The number of thioether (sulfide) groups is 1. The first-order valence-electron chi connectivity index (χ1n) is 9.28. The highest BCUT2D eigenvalue weighted by molar-refractivity contribution is 7.99. The Morgan fingerprint density at radius 3 is 2.15 bits per heavy atom. The van der Waals surface area contributed by atoms with Gasteiger partial charge in [0, 0.05) is 61.4 Å². The van der Waals surface area contributed by atoms with Crippen molar-refractivity contribution in [2.75, 3.05) is 51.6 Å². The number of halogens is 1. The van der Waals surface area contributed by atoms with Gasteiger partial charge in [0.05, 0.1) is 6.54 Å². The molecule has 2 fully saturated rings. The van der Waals surface area contributed by atoms with Crippen molar-refractivity contribution in [3.8, 4) is 0 Å². The maximum Gasteiger partial charge on any atom is 0.236 e. The molecule has 2 amide bonds. The first-order chi connectivity index (χ1) is 12.6. The fraction of sp³-hybridized carbons (Fsp3) is 0.579. The number of nitrogens with zero attached hydrogens (tertiary/aromatic N) is 3. The van der Waals surface area contributed by atoms with E-state index in [9.17, 15) is 9.59 Å². The molecule has 0 atom stereocenters. The molecule has 2 heterocycles. The summed E-state index contributed by atoms with van der Waals surface area (Å²) in [7, 11) is 0. The molecule has 2 saturated heterocycles. The Balaban J connectivity index is 1.34. The van der Waals surface area contributed by atoms with E-state index in [1.165, 1.54) is 0 Å². The number of hydrogen-bond acceptors (Lipinski definition) is 4. The van der Waals surface area contributed by atoms with Gasteiger partial charge in [-0.05, 0) is 37.1 Å². The number of likely N-dealkylation sites (tertiary alicyclic amines) is 1. The third-order valence-corrected chi connectivity index (χ3v) is 6.21.